The topological polar surface area (TPSA) is 108 Å². The number of aliphatic carboxylic acids is 1. The molecular weight excluding hydrogens is 406 g/mol. The lowest BCUT2D eigenvalue weighted by Gasteiger charge is -2.02. The van der Waals surface area contributed by atoms with Gasteiger partial charge in [-0.2, -0.15) is 23.5 Å². The van der Waals surface area contributed by atoms with Crippen LogP contribution in [0, 0.1) is 17.1 Å². The van der Waals surface area contributed by atoms with Gasteiger partial charge in [0.15, 0.2) is 0 Å². The van der Waals surface area contributed by atoms with E-state index in [4.69, 9.17) is 15.2 Å². The summed E-state index contributed by atoms with van der Waals surface area (Å²) in [5.74, 6) is -3.31. The SMILES string of the molecule is N#Cc1ccc(-n2cc(-c3ccnc4[nH]ccc34)cn2)cc1F.O=C(O)C(F)(F)F. The normalized spacial score (nSPS) is 10.9. The molecule has 11 heteroatoms. The quantitative estimate of drug-likeness (QED) is 0.478. The third kappa shape index (κ3) is 4.27. The van der Waals surface area contributed by atoms with Gasteiger partial charge in [-0.25, -0.2) is 18.9 Å². The van der Waals surface area contributed by atoms with Crippen LogP contribution in [0.1, 0.15) is 5.56 Å². The Balaban J connectivity index is 0.000000318. The van der Waals surface area contributed by atoms with E-state index in [0.717, 1.165) is 22.2 Å². The highest BCUT2D eigenvalue weighted by Crippen LogP contribution is 2.27. The molecular formula is C19H11F4N5O2. The Labute approximate surface area is 165 Å². The van der Waals surface area contributed by atoms with Crippen LogP contribution in [0.25, 0.3) is 27.8 Å². The Kier molecular flexibility index (Phi) is 5.50. The standard InChI is InChI=1S/C17H10FN5.C2HF3O2/c18-16-7-13(2-1-11(16)8-19)23-10-12(9-22-23)14-3-5-20-17-15(14)4-6-21-17;3-2(4,5)1(6)7/h1-7,9-10H,(H,20,21);(H,6,7). The molecule has 0 bridgehead atoms. The van der Waals surface area contributed by atoms with Crippen LogP contribution in [0.3, 0.4) is 0 Å². The summed E-state index contributed by atoms with van der Waals surface area (Å²) in [5, 5.41) is 21.2. The van der Waals surface area contributed by atoms with E-state index < -0.39 is 18.0 Å². The van der Waals surface area contributed by atoms with Crippen LogP contribution in [0.4, 0.5) is 17.6 Å². The summed E-state index contributed by atoms with van der Waals surface area (Å²) >= 11 is 0. The maximum atomic E-state index is 13.8. The van der Waals surface area contributed by atoms with Crippen molar-refractivity contribution >= 4 is 17.0 Å². The predicted molar refractivity (Wildman–Crippen MR) is 97.0 cm³/mol. The van der Waals surface area contributed by atoms with E-state index in [1.54, 1.807) is 23.1 Å². The molecule has 7 nitrogen and oxygen atoms in total. The number of rotatable bonds is 2. The highest BCUT2D eigenvalue weighted by Gasteiger charge is 2.38. The van der Waals surface area contributed by atoms with Crippen molar-refractivity contribution in [2.75, 3.05) is 0 Å². The molecule has 0 aliphatic heterocycles. The molecule has 0 spiro atoms. The zero-order valence-corrected chi connectivity index (χ0v) is 14.9. The van der Waals surface area contributed by atoms with Crippen molar-refractivity contribution in [2.24, 2.45) is 0 Å². The van der Waals surface area contributed by atoms with Crippen molar-refractivity contribution < 1.29 is 27.5 Å². The molecule has 0 saturated heterocycles. The maximum Gasteiger partial charge on any atom is 0.490 e. The van der Waals surface area contributed by atoms with Crippen molar-refractivity contribution in [3.8, 4) is 22.9 Å². The van der Waals surface area contributed by atoms with Crippen LogP contribution < -0.4 is 0 Å². The van der Waals surface area contributed by atoms with E-state index in [2.05, 4.69) is 15.1 Å². The number of benzene rings is 1. The number of hydrogen-bond donors (Lipinski definition) is 2. The van der Waals surface area contributed by atoms with Gasteiger partial charge in [-0.1, -0.05) is 0 Å². The third-order valence-corrected chi connectivity index (χ3v) is 3.93. The fourth-order valence-electron chi connectivity index (χ4n) is 2.55. The Morgan fingerprint density at radius 2 is 1.97 bits per heavy atom. The molecule has 1 aromatic carbocycles. The molecule has 0 saturated carbocycles. The molecule has 0 fully saturated rings. The molecule has 0 aliphatic carbocycles. The number of alkyl halides is 3. The molecule has 0 radical (unpaired) electrons. The van der Waals surface area contributed by atoms with Crippen molar-refractivity contribution in [3.05, 3.63) is 66.5 Å². The largest absolute Gasteiger partial charge is 0.490 e. The number of nitrogens with zero attached hydrogens (tertiary/aromatic N) is 4. The van der Waals surface area contributed by atoms with Gasteiger partial charge in [0.2, 0.25) is 0 Å². The lowest BCUT2D eigenvalue weighted by molar-refractivity contribution is -0.192. The number of nitrogens with one attached hydrogen (secondary N) is 1. The van der Waals surface area contributed by atoms with Gasteiger partial charge in [0.25, 0.3) is 0 Å². The van der Waals surface area contributed by atoms with E-state index in [1.807, 2.05) is 30.6 Å². The van der Waals surface area contributed by atoms with Gasteiger partial charge in [-0.15, -0.1) is 0 Å². The fourth-order valence-corrected chi connectivity index (χ4v) is 2.55. The Hall–Kier alpha value is -4.20. The van der Waals surface area contributed by atoms with E-state index >= 15 is 0 Å². The van der Waals surface area contributed by atoms with Crippen molar-refractivity contribution in [2.45, 2.75) is 6.18 Å². The summed E-state index contributed by atoms with van der Waals surface area (Å²) in [6.45, 7) is 0. The monoisotopic (exact) mass is 417 g/mol. The highest BCUT2D eigenvalue weighted by atomic mass is 19.4. The second-order valence-electron chi connectivity index (χ2n) is 5.85. The molecule has 0 amide bonds. The Morgan fingerprint density at radius 1 is 1.23 bits per heavy atom. The number of halogens is 4. The lowest BCUT2D eigenvalue weighted by Crippen LogP contribution is -2.21. The first-order valence-electron chi connectivity index (χ1n) is 8.18. The van der Waals surface area contributed by atoms with Crippen LogP contribution >= 0.6 is 0 Å². The number of carboxylic acid groups (broad SMARTS) is 1. The summed E-state index contributed by atoms with van der Waals surface area (Å²) in [6, 6.07) is 10.1. The second-order valence-corrected chi connectivity index (χ2v) is 5.85. The van der Waals surface area contributed by atoms with Crippen molar-refractivity contribution in [1.29, 1.82) is 5.26 Å². The minimum absolute atomic E-state index is 0.0179. The molecule has 0 unspecified atom stereocenters. The summed E-state index contributed by atoms with van der Waals surface area (Å²) in [6.07, 6.45) is 2.02. The van der Waals surface area contributed by atoms with Gasteiger partial charge >= 0.3 is 12.1 Å². The molecule has 3 aromatic heterocycles. The van der Waals surface area contributed by atoms with Crippen LogP contribution in [-0.4, -0.2) is 37.0 Å². The number of nitriles is 1. The van der Waals surface area contributed by atoms with Crippen LogP contribution in [0.15, 0.2) is 55.1 Å². The zero-order valence-electron chi connectivity index (χ0n) is 14.9. The zero-order chi connectivity index (χ0) is 21.9. The average molecular weight is 417 g/mol. The predicted octanol–water partition coefficient (Wildman–Crippen LogP) is 4.06. The van der Waals surface area contributed by atoms with Gasteiger partial charge in [0, 0.05) is 35.6 Å². The number of H-pyrrole nitrogens is 1. The third-order valence-electron chi connectivity index (χ3n) is 3.93. The summed E-state index contributed by atoms with van der Waals surface area (Å²) in [7, 11) is 0. The number of fused-ring (bicyclic) bond motifs is 1. The van der Waals surface area contributed by atoms with Crippen LogP contribution in [0.5, 0.6) is 0 Å². The Bertz CT molecular complexity index is 1250. The maximum absolute atomic E-state index is 13.8. The first-order valence-corrected chi connectivity index (χ1v) is 8.18. The minimum atomic E-state index is -5.08. The molecule has 2 N–H and O–H groups in total. The highest BCUT2D eigenvalue weighted by molar-refractivity contribution is 5.92. The van der Waals surface area contributed by atoms with Gasteiger partial charge in [-0.05, 0) is 29.8 Å². The summed E-state index contributed by atoms with van der Waals surface area (Å²) < 4.78 is 47.1. The number of aromatic nitrogens is 4. The molecule has 3 heterocycles. The van der Waals surface area contributed by atoms with E-state index in [0.29, 0.717) is 5.69 Å². The first-order chi connectivity index (χ1) is 14.2. The molecule has 30 heavy (non-hydrogen) atoms. The summed E-state index contributed by atoms with van der Waals surface area (Å²) in [4.78, 5) is 16.2. The van der Waals surface area contributed by atoms with E-state index in [9.17, 15) is 17.6 Å². The summed E-state index contributed by atoms with van der Waals surface area (Å²) in [5.41, 5.74) is 3.29. The smallest absolute Gasteiger partial charge is 0.475 e. The Morgan fingerprint density at radius 3 is 2.60 bits per heavy atom. The van der Waals surface area contributed by atoms with Gasteiger partial charge in [-0.3, -0.25) is 0 Å². The molecule has 4 rings (SSSR count). The average Bonchev–Trinajstić information content (AvgIpc) is 3.37. The molecule has 4 aromatic rings. The second kappa shape index (κ2) is 8.04. The number of carbonyl (C=O) groups is 1. The van der Waals surface area contributed by atoms with E-state index in [-0.39, 0.29) is 5.56 Å². The fraction of sp³-hybridized carbons (Fsp3) is 0.0526. The van der Waals surface area contributed by atoms with Crippen LogP contribution in [-0.2, 0) is 4.79 Å². The van der Waals surface area contributed by atoms with Crippen LogP contribution in [0.2, 0.25) is 0 Å². The number of aromatic amines is 1. The minimum Gasteiger partial charge on any atom is -0.475 e. The molecule has 152 valence electrons. The molecule has 0 aliphatic rings. The van der Waals surface area contributed by atoms with Crippen molar-refractivity contribution in [3.63, 3.8) is 0 Å². The van der Waals surface area contributed by atoms with Gasteiger partial charge < -0.3 is 10.1 Å². The van der Waals surface area contributed by atoms with Gasteiger partial charge in [0.1, 0.15) is 17.5 Å². The van der Waals surface area contributed by atoms with Crippen molar-refractivity contribution in [1.82, 2.24) is 19.7 Å². The number of hydrogen-bond acceptors (Lipinski definition) is 4. The van der Waals surface area contributed by atoms with Gasteiger partial charge in [0.05, 0.1) is 17.4 Å². The number of carboxylic acids is 1. The number of pyridine rings is 1. The first kappa shape index (κ1) is 20.5. The van der Waals surface area contributed by atoms with E-state index in [1.165, 1.54) is 12.1 Å². The lowest BCUT2D eigenvalue weighted by atomic mass is 10.1. The molecule has 0 atom stereocenters.